The Bertz CT molecular complexity index is 444. The van der Waals surface area contributed by atoms with Crippen molar-refractivity contribution in [3.63, 3.8) is 0 Å². The third-order valence-electron chi connectivity index (χ3n) is 2.98. The van der Waals surface area contributed by atoms with Crippen molar-refractivity contribution >= 4 is 5.69 Å². The topological polar surface area (TPSA) is 4.36 Å². The summed E-state index contributed by atoms with van der Waals surface area (Å²) in [5.41, 5.74) is -0.813. The summed E-state index contributed by atoms with van der Waals surface area (Å²) in [7, 11) is 0. The molecule has 92 valence electrons. The molecule has 1 nitrogen and oxygen atoms in total. The van der Waals surface area contributed by atoms with Crippen molar-refractivity contribution in [2.24, 2.45) is 5.41 Å². The molecule has 1 aromatic rings. The fourth-order valence-electron chi connectivity index (χ4n) is 1.24. The Labute approximate surface area is 99.1 Å². The predicted octanol–water partition coefficient (Wildman–Crippen LogP) is 4.89. The fourth-order valence-corrected chi connectivity index (χ4v) is 1.24. The van der Waals surface area contributed by atoms with Crippen LogP contribution in [-0.4, -0.2) is 0 Å². The Balaban J connectivity index is 3.16. The van der Waals surface area contributed by atoms with E-state index in [1.807, 2.05) is 20.8 Å². The molecule has 0 atom stereocenters. The molecule has 0 N–H and O–H groups in total. The van der Waals surface area contributed by atoms with Crippen LogP contribution in [0.4, 0.5) is 18.9 Å². The van der Waals surface area contributed by atoms with E-state index in [-0.39, 0.29) is 5.41 Å². The number of hydrogen-bond acceptors (Lipinski definition) is 0. The first-order valence-electron chi connectivity index (χ1n) is 5.54. The molecule has 0 spiro atoms. The summed E-state index contributed by atoms with van der Waals surface area (Å²) in [4.78, 5) is 3.69. The van der Waals surface area contributed by atoms with Gasteiger partial charge >= 0.3 is 5.69 Å². The number of hydrogen-bond donors (Lipinski definition) is 0. The molecule has 17 heavy (non-hydrogen) atoms. The zero-order chi connectivity index (χ0) is 13.1. The average molecular weight is 242 g/mol. The quantitative estimate of drug-likeness (QED) is 0.695. The molecule has 0 aliphatic heterocycles. The first kappa shape index (κ1) is 13.6. The van der Waals surface area contributed by atoms with Crippen LogP contribution < -0.4 is 0 Å². The lowest BCUT2D eigenvalue weighted by molar-refractivity contribution is 0.415. The van der Waals surface area contributed by atoms with Crippen molar-refractivity contribution in [3.8, 4) is 6.07 Å². The summed E-state index contributed by atoms with van der Waals surface area (Å²) >= 11 is 0. The summed E-state index contributed by atoms with van der Waals surface area (Å²) < 4.78 is 39.2. The predicted molar refractivity (Wildman–Crippen MR) is 61.9 cm³/mol. The van der Waals surface area contributed by atoms with E-state index in [9.17, 15) is 13.2 Å². The second-order valence-corrected chi connectivity index (χ2v) is 4.21. The van der Waals surface area contributed by atoms with E-state index in [0.29, 0.717) is 12.1 Å². The Morgan fingerprint density at radius 2 is 1.59 bits per heavy atom. The highest BCUT2D eigenvalue weighted by Crippen LogP contribution is 2.28. The minimum atomic E-state index is -1.01. The summed E-state index contributed by atoms with van der Waals surface area (Å²) in [5.74, 6) is -2.97. The normalized spacial score (nSPS) is 10.9. The van der Waals surface area contributed by atoms with Crippen LogP contribution in [-0.2, 0) is 0 Å². The summed E-state index contributed by atoms with van der Waals surface area (Å²) in [5, 5.41) is 0. The summed E-state index contributed by atoms with van der Waals surface area (Å²) in [6.07, 6.45) is 1.52. The van der Waals surface area contributed by atoms with Crippen LogP contribution in [0.25, 0.3) is 4.85 Å². The highest BCUT2D eigenvalue weighted by molar-refractivity contribution is 5.49. The van der Waals surface area contributed by atoms with Gasteiger partial charge in [-0.3, -0.25) is 0 Å². The van der Waals surface area contributed by atoms with E-state index in [2.05, 4.69) is 10.9 Å². The van der Waals surface area contributed by atoms with Gasteiger partial charge in [-0.05, 0) is 24.6 Å². The molecule has 1 rings (SSSR count). The molecule has 0 unspecified atom stereocenters. The van der Waals surface area contributed by atoms with Crippen LogP contribution in [0.5, 0.6) is 0 Å². The van der Waals surface area contributed by atoms with Gasteiger partial charge in [-0.2, -0.15) is 8.78 Å². The van der Waals surface area contributed by atoms with E-state index in [1.165, 1.54) is 0 Å². The van der Waals surface area contributed by atoms with E-state index in [1.54, 1.807) is 0 Å². The molecule has 4 heteroatoms. The summed E-state index contributed by atoms with van der Waals surface area (Å²) in [6.45, 7) is 5.79. The van der Waals surface area contributed by atoms with Gasteiger partial charge in [0.25, 0.3) is 6.07 Å². The van der Waals surface area contributed by atoms with Crippen LogP contribution in [0.2, 0.25) is 0 Å². The maximum absolute atomic E-state index is 13.3. The van der Waals surface area contributed by atoms with Crippen LogP contribution >= 0.6 is 0 Å². The van der Waals surface area contributed by atoms with Gasteiger partial charge in [0.05, 0.1) is 0 Å². The van der Waals surface area contributed by atoms with Crippen LogP contribution in [0.15, 0.2) is 12.1 Å². The Hall–Kier alpha value is -1.50. The molecule has 1 aromatic carbocycles. The van der Waals surface area contributed by atoms with Crippen molar-refractivity contribution in [2.45, 2.75) is 33.6 Å². The lowest BCUT2D eigenvalue weighted by Gasteiger charge is -2.11. The molecule has 0 amide bonds. The number of rotatable bonds is 2. The molecule has 0 radical (unpaired) electrons. The molecule has 0 aliphatic rings. The van der Waals surface area contributed by atoms with E-state index < -0.39 is 23.1 Å². The zero-order valence-corrected chi connectivity index (χ0v) is 10.2. The lowest BCUT2D eigenvalue weighted by Crippen LogP contribution is -2.09. The largest absolute Gasteiger partial charge is 0.410 e. The van der Waals surface area contributed by atoms with Crippen molar-refractivity contribution in [1.29, 1.82) is 0 Å². The van der Waals surface area contributed by atoms with Crippen LogP contribution in [0.1, 0.15) is 33.6 Å². The molecule has 0 fully saturated rings. The fraction of sp³-hybridized carbons (Fsp3) is 0.462. The van der Waals surface area contributed by atoms with Gasteiger partial charge in [-0.1, -0.05) is 13.8 Å². The molecule has 0 aliphatic carbocycles. The van der Waals surface area contributed by atoms with Gasteiger partial charge in [0.1, 0.15) is 11.2 Å². The van der Waals surface area contributed by atoms with Gasteiger partial charge in [-0.15, -0.1) is 0 Å². The van der Waals surface area contributed by atoms with Crippen molar-refractivity contribution in [3.05, 3.63) is 34.4 Å². The minimum absolute atomic E-state index is 0.326. The van der Waals surface area contributed by atoms with Crippen molar-refractivity contribution < 1.29 is 13.2 Å². The highest BCUT2D eigenvalue weighted by Gasteiger charge is 2.26. The maximum atomic E-state index is 13.3. The summed E-state index contributed by atoms with van der Waals surface area (Å²) in [6, 6.07) is 3.96. The van der Waals surface area contributed by atoms with Gasteiger partial charge in [0.2, 0.25) is 11.6 Å². The van der Waals surface area contributed by atoms with E-state index >= 15 is 0 Å². The molecular formula is C13H15F3N+. The zero-order valence-electron chi connectivity index (χ0n) is 10.2. The Morgan fingerprint density at radius 1 is 1.12 bits per heavy atom. The second kappa shape index (κ2) is 5.22. The maximum Gasteiger partial charge on any atom is 0.410 e. The highest BCUT2D eigenvalue weighted by atomic mass is 19.1. The number of nitrogens with zero attached hydrogens (tertiary/aromatic N) is 1. The first-order valence-corrected chi connectivity index (χ1v) is 5.54. The number of benzene rings is 1. The second-order valence-electron chi connectivity index (χ2n) is 4.21. The smallest absolute Gasteiger partial charge is 0.207 e. The minimum Gasteiger partial charge on any atom is -0.207 e. The van der Waals surface area contributed by atoms with Crippen molar-refractivity contribution in [2.75, 3.05) is 0 Å². The first-order chi connectivity index (χ1) is 7.91. The molecule has 0 saturated heterocycles. The van der Waals surface area contributed by atoms with E-state index in [0.717, 1.165) is 12.8 Å². The Kier molecular flexibility index (Phi) is 4.17. The average Bonchev–Trinajstić information content (AvgIpc) is 2.27. The lowest BCUT2D eigenvalue weighted by atomic mass is 9.87. The Morgan fingerprint density at radius 3 is 2.00 bits per heavy atom. The van der Waals surface area contributed by atoms with E-state index in [4.69, 9.17) is 0 Å². The third-order valence-corrected chi connectivity index (χ3v) is 2.98. The monoisotopic (exact) mass is 242 g/mol. The van der Waals surface area contributed by atoms with Gasteiger partial charge in [0.15, 0.2) is 0 Å². The van der Waals surface area contributed by atoms with Crippen LogP contribution in [0.3, 0.4) is 0 Å². The standard InChI is InChI=1S/C13H15F3N/c1-4-13(3,5-2)8-17-12-10(15)6-9(14)7-11(12)16/h6-7H,4-5H2,1-3H3/q+1. The SMILES string of the molecule is CCC(C)(C#[N+]c1c(F)cc(F)cc1F)CC. The van der Waals surface area contributed by atoms with Crippen molar-refractivity contribution in [1.82, 2.24) is 0 Å². The number of halogens is 3. The molecule has 0 heterocycles. The van der Waals surface area contributed by atoms with Gasteiger partial charge in [-0.25, -0.2) is 4.39 Å². The molecule has 0 bridgehead atoms. The third kappa shape index (κ3) is 3.23. The molecule has 0 saturated carbocycles. The molecule has 0 aromatic heterocycles. The van der Waals surface area contributed by atoms with Gasteiger partial charge < -0.3 is 0 Å². The van der Waals surface area contributed by atoms with Crippen LogP contribution in [0, 0.1) is 28.9 Å². The van der Waals surface area contributed by atoms with Gasteiger partial charge in [0, 0.05) is 12.1 Å². The molecular weight excluding hydrogens is 227 g/mol.